The monoisotopic (exact) mass is 288 g/mol. The van der Waals surface area contributed by atoms with Crippen molar-refractivity contribution in [2.45, 2.75) is 6.61 Å². The van der Waals surface area contributed by atoms with Crippen molar-refractivity contribution >= 4 is 5.91 Å². The summed E-state index contributed by atoms with van der Waals surface area (Å²) >= 11 is 0. The van der Waals surface area contributed by atoms with Crippen LogP contribution in [-0.4, -0.2) is 51.7 Å². The van der Waals surface area contributed by atoms with E-state index in [9.17, 15) is 13.6 Å². The van der Waals surface area contributed by atoms with Crippen molar-refractivity contribution in [3.8, 4) is 11.5 Å². The number of alkyl halides is 2. The Morgan fingerprint density at radius 1 is 1.40 bits per heavy atom. The highest BCUT2D eigenvalue weighted by Gasteiger charge is 2.16. The van der Waals surface area contributed by atoms with Crippen molar-refractivity contribution in [1.29, 1.82) is 0 Å². The molecule has 0 aliphatic heterocycles. The smallest absolute Gasteiger partial charge is 0.387 e. The van der Waals surface area contributed by atoms with Crippen molar-refractivity contribution < 1.29 is 23.0 Å². The molecule has 7 heteroatoms. The van der Waals surface area contributed by atoms with Crippen LogP contribution in [0.3, 0.4) is 0 Å². The first-order valence-corrected chi connectivity index (χ1v) is 6.02. The Morgan fingerprint density at radius 2 is 2.10 bits per heavy atom. The van der Waals surface area contributed by atoms with Crippen molar-refractivity contribution in [2.75, 3.05) is 34.3 Å². The number of nitrogens with one attached hydrogen (secondary N) is 1. The van der Waals surface area contributed by atoms with E-state index in [2.05, 4.69) is 10.1 Å². The molecule has 0 spiro atoms. The second-order valence-electron chi connectivity index (χ2n) is 4.07. The minimum atomic E-state index is -2.94. The molecule has 112 valence electrons. The maximum Gasteiger partial charge on any atom is 0.387 e. The fourth-order valence-corrected chi connectivity index (χ4v) is 1.60. The average Bonchev–Trinajstić information content (AvgIpc) is 2.43. The molecule has 0 heterocycles. The highest BCUT2D eigenvalue weighted by atomic mass is 19.3. The molecule has 0 saturated carbocycles. The molecule has 1 aromatic rings. The summed E-state index contributed by atoms with van der Waals surface area (Å²) in [6, 6.07) is 4.11. The van der Waals surface area contributed by atoms with Crippen LogP contribution in [0.2, 0.25) is 0 Å². The van der Waals surface area contributed by atoms with Crippen LogP contribution in [0.5, 0.6) is 11.5 Å². The zero-order chi connectivity index (χ0) is 15.1. The SMILES string of the molecule is CNCCN(C)C(=O)c1ccc(OC(F)F)c(OC)c1. The van der Waals surface area contributed by atoms with E-state index in [1.807, 2.05) is 0 Å². The van der Waals surface area contributed by atoms with E-state index in [1.165, 1.54) is 30.2 Å². The van der Waals surface area contributed by atoms with Crippen LogP contribution in [-0.2, 0) is 0 Å². The Balaban J connectivity index is 2.88. The number of nitrogens with zero attached hydrogens (tertiary/aromatic N) is 1. The molecule has 0 saturated heterocycles. The fraction of sp³-hybridized carbons (Fsp3) is 0.462. The summed E-state index contributed by atoms with van der Waals surface area (Å²) in [6.07, 6.45) is 0. The number of ether oxygens (including phenoxy) is 2. The predicted molar refractivity (Wildman–Crippen MR) is 70.5 cm³/mol. The number of likely N-dealkylation sites (N-methyl/N-ethyl adjacent to an activating group) is 2. The molecule has 0 aliphatic rings. The van der Waals surface area contributed by atoms with Crippen molar-refractivity contribution in [2.24, 2.45) is 0 Å². The van der Waals surface area contributed by atoms with Gasteiger partial charge in [-0.05, 0) is 25.2 Å². The van der Waals surface area contributed by atoms with Gasteiger partial charge in [-0.15, -0.1) is 0 Å². The predicted octanol–water partition coefficient (Wildman–Crippen LogP) is 1.59. The molecule has 1 amide bonds. The van der Waals surface area contributed by atoms with Gasteiger partial charge in [0.1, 0.15) is 0 Å². The van der Waals surface area contributed by atoms with E-state index in [-0.39, 0.29) is 17.4 Å². The van der Waals surface area contributed by atoms with Crippen LogP contribution < -0.4 is 14.8 Å². The van der Waals surface area contributed by atoms with E-state index >= 15 is 0 Å². The summed E-state index contributed by atoms with van der Waals surface area (Å²) < 4.78 is 33.7. The molecule has 1 N–H and O–H groups in total. The first-order chi connectivity index (χ1) is 9.49. The number of methoxy groups -OCH3 is 1. The summed E-state index contributed by atoms with van der Waals surface area (Å²) in [5, 5.41) is 2.94. The van der Waals surface area contributed by atoms with Crippen molar-refractivity contribution in [3.05, 3.63) is 23.8 Å². The van der Waals surface area contributed by atoms with E-state index in [0.29, 0.717) is 18.7 Å². The molecule has 20 heavy (non-hydrogen) atoms. The zero-order valence-electron chi connectivity index (χ0n) is 11.7. The summed E-state index contributed by atoms with van der Waals surface area (Å²) in [6.45, 7) is -1.75. The maximum absolute atomic E-state index is 12.2. The van der Waals surface area contributed by atoms with Crippen LogP contribution >= 0.6 is 0 Å². The van der Waals surface area contributed by atoms with Crippen LogP contribution in [0.15, 0.2) is 18.2 Å². The number of benzene rings is 1. The number of hydrogen-bond donors (Lipinski definition) is 1. The van der Waals surface area contributed by atoms with Crippen molar-refractivity contribution in [3.63, 3.8) is 0 Å². The summed E-state index contributed by atoms with van der Waals surface area (Å²) in [4.78, 5) is 13.6. The Hall–Kier alpha value is -1.89. The summed E-state index contributed by atoms with van der Waals surface area (Å²) in [7, 11) is 4.78. The van der Waals surface area contributed by atoms with Crippen molar-refractivity contribution in [1.82, 2.24) is 10.2 Å². The molecule has 5 nitrogen and oxygen atoms in total. The van der Waals surface area contributed by atoms with Crippen LogP contribution in [0.4, 0.5) is 8.78 Å². The Labute approximate surface area is 116 Å². The lowest BCUT2D eigenvalue weighted by Crippen LogP contribution is -2.32. The highest BCUT2D eigenvalue weighted by Crippen LogP contribution is 2.29. The number of halogens is 2. The average molecular weight is 288 g/mol. The van der Waals surface area contributed by atoms with Crippen LogP contribution in [0.25, 0.3) is 0 Å². The molecule has 0 atom stereocenters. The number of amides is 1. The standard InChI is InChI=1S/C13H18F2N2O3/c1-16-6-7-17(2)12(18)9-4-5-10(20-13(14)15)11(8-9)19-3/h4-5,8,13,16H,6-7H2,1-3H3. The van der Waals surface area contributed by atoms with Crippen LogP contribution in [0.1, 0.15) is 10.4 Å². The topological polar surface area (TPSA) is 50.8 Å². The molecular weight excluding hydrogens is 270 g/mol. The maximum atomic E-state index is 12.2. The van der Waals surface area contributed by atoms with Crippen LogP contribution in [0, 0.1) is 0 Å². The molecule has 1 rings (SSSR count). The minimum Gasteiger partial charge on any atom is -0.493 e. The third kappa shape index (κ3) is 4.34. The minimum absolute atomic E-state index is 0.0955. The first kappa shape index (κ1) is 16.2. The van der Waals surface area contributed by atoms with Gasteiger partial charge in [-0.1, -0.05) is 0 Å². The second kappa shape index (κ2) is 7.64. The van der Waals surface area contributed by atoms with E-state index in [1.54, 1.807) is 14.1 Å². The largest absolute Gasteiger partial charge is 0.493 e. The Kier molecular flexibility index (Phi) is 6.17. The van der Waals surface area contributed by atoms with Gasteiger partial charge < -0.3 is 19.7 Å². The summed E-state index contributed by atoms with van der Waals surface area (Å²) in [5.74, 6) is -0.225. The summed E-state index contributed by atoms with van der Waals surface area (Å²) in [5.41, 5.74) is 0.349. The van der Waals surface area contributed by atoms with Gasteiger partial charge >= 0.3 is 6.61 Å². The van der Waals surface area contributed by atoms with Gasteiger partial charge in [0.05, 0.1) is 7.11 Å². The van der Waals surface area contributed by atoms with Gasteiger partial charge in [0.25, 0.3) is 5.91 Å². The van der Waals surface area contributed by atoms with E-state index in [4.69, 9.17) is 4.74 Å². The van der Waals surface area contributed by atoms with Gasteiger partial charge in [-0.3, -0.25) is 4.79 Å². The van der Waals surface area contributed by atoms with Gasteiger partial charge in [-0.2, -0.15) is 8.78 Å². The highest BCUT2D eigenvalue weighted by molar-refractivity contribution is 5.94. The molecule has 0 radical (unpaired) electrons. The van der Waals surface area contributed by atoms with E-state index < -0.39 is 6.61 Å². The zero-order valence-corrected chi connectivity index (χ0v) is 11.7. The number of carbonyl (C=O) groups is 1. The fourth-order valence-electron chi connectivity index (χ4n) is 1.60. The molecule has 0 aromatic heterocycles. The first-order valence-electron chi connectivity index (χ1n) is 6.02. The molecule has 0 aliphatic carbocycles. The molecular formula is C13H18F2N2O3. The molecule has 0 fully saturated rings. The lowest BCUT2D eigenvalue weighted by Gasteiger charge is -2.18. The Morgan fingerprint density at radius 3 is 2.65 bits per heavy atom. The molecule has 0 unspecified atom stereocenters. The number of hydrogen-bond acceptors (Lipinski definition) is 4. The van der Waals surface area contributed by atoms with Gasteiger partial charge in [0.2, 0.25) is 0 Å². The lowest BCUT2D eigenvalue weighted by molar-refractivity contribution is -0.0512. The number of carbonyl (C=O) groups excluding carboxylic acids is 1. The second-order valence-corrected chi connectivity index (χ2v) is 4.07. The van der Waals surface area contributed by atoms with Gasteiger partial charge in [-0.25, -0.2) is 0 Å². The Bertz CT molecular complexity index is 455. The van der Waals surface area contributed by atoms with Gasteiger partial charge in [0, 0.05) is 25.7 Å². The molecule has 1 aromatic carbocycles. The van der Waals surface area contributed by atoms with E-state index in [0.717, 1.165) is 0 Å². The number of rotatable bonds is 7. The third-order valence-corrected chi connectivity index (χ3v) is 2.67. The lowest BCUT2D eigenvalue weighted by atomic mass is 10.1. The third-order valence-electron chi connectivity index (χ3n) is 2.67. The quantitative estimate of drug-likeness (QED) is 0.828. The van der Waals surface area contributed by atoms with Gasteiger partial charge in [0.15, 0.2) is 11.5 Å². The normalized spacial score (nSPS) is 10.5. The molecule has 0 bridgehead atoms.